The molecule has 2 aromatic rings. The Morgan fingerprint density at radius 3 is 2.45 bits per heavy atom. The Labute approximate surface area is 256 Å². The highest BCUT2D eigenvalue weighted by molar-refractivity contribution is 5.80. The van der Waals surface area contributed by atoms with E-state index in [0.29, 0.717) is 29.8 Å². The minimum absolute atomic E-state index is 0.0624. The van der Waals surface area contributed by atoms with Gasteiger partial charge in [-0.25, -0.2) is 9.37 Å². The number of pyridine rings is 1. The Balaban J connectivity index is 1.61. The summed E-state index contributed by atoms with van der Waals surface area (Å²) in [6, 6.07) is 6.65. The molecule has 4 atom stereocenters. The van der Waals surface area contributed by atoms with Crippen LogP contribution in [0.2, 0.25) is 0 Å². The van der Waals surface area contributed by atoms with E-state index >= 15 is 0 Å². The first-order valence-electron chi connectivity index (χ1n) is 15.1. The largest absolute Gasteiger partial charge is 0.483 e. The zero-order valence-electron chi connectivity index (χ0n) is 26.0. The number of halogens is 4. The van der Waals surface area contributed by atoms with E-state index in [9.17, 15) is 27.5 Å². The van der Waals surface area contributed by atoms with Crippen molar-refractivity contribution < 1.29 is 36.9 Å². The number of methoxy groups -OCH3 is 1. The molecular formula is C32H44F4N4O4. The lowest BCUT2D eigenvalue weighted by molar-refractivity contribution is -0.131. The lowest BCUT2D eigenvalue weighted by Gasteiger charge is -2.48. The minimum atomic E-state index is -4.44. The average molecular weight is 625 g/mol. The number of anilines is 1. The summed E-state index contributed by atoms with van der Waals surface area (Å²) in [5, 5.41) is 20.1. The molecule has 0 radical (unpaired) electrons. The van der Waals surface area contributed by atoms with E-state index in [2.05, 4.69) is 20.9 Å². The number of alkyl halides is 3. The number of ether oxygens (including phenoxy) is 2. The Bertz CT molecular complexity index is 1280. The Hall–Kier alpha value is -2.96. The number of carbonyl (C=O) groups excluding carboxylic acids is 1. The molecule has 2 aliphatic rings. The number of hydrogen-bond acceptors (Lipinski definition) is 7. The van der Waals surface area contributed by atoms with Crippen LogP contribution in [0.5, 0.6) is 5.75 Å². The van der Waals surface area contributed by atoms with Gasteiger partial charge in [-0.05, 0) is 68.2 Å². The van der Waals surface area contributed by atoms with Gasteiger partial charge in [-0.1, -0.05) is 32.9 Å². The third-order valence-electron chi connectivity index (χ3n) is 8.21. The molecule has 44 heavy (non-hydrogen) atoms. The summed E-state index contributed by atoms with van der Waals surface area (Å²) in [5.74, 6) is -0.429. The second-order valence-corrected chi connectivity index (χ2v) is 13.3. The maximum atomic E-state index is 13.5. The standard InChI is InChI=1S/C32H44F4N4O4/c1-19(43-5)29(42)40-24(13-20-7-9-21(33)10-8-20)26(41)17-37-25-16-31(11-6-12-31)44-27-23(25)14-22(15-30(2,3)4)39-28(27)38-18-32(34,35)36/h7-10,14,19,24-26,37,41H,6,11-13,15-18H2,1-5H3,(H,38,39)(H,40,42)/t19?,24-,25-,26+/m0/s1. The van der Waals surface area contributed by atoms with Gasteiger partial charge in [0.25, 0.3) is 0 Å². The molecule has 8 nitrogen and oxygen atoms in total. The van der Waals surface area contributed by atoms with Crippen LogP contribution in [-0.4, -0.2) is 66.2 Å². The summed E-state index contributed by atoms with van der Waals surface area (Å²) in [5.41, 5.74) is 1.34. The van der Waals surface area contributed by atoms with Crippen LogP contribution in [-0.2, 0) is 22.4 Å². The van der Waals surface area contributed by atoms with Crippen molar-refractivity contribution in [2.24, 2.45) is 5.41 Å². The summed E-state index contributed by atoms with van der Waals surface area (Å²) in [7, 11) is 1.41. The lowest BCUT2D eigenvalue weighted by Crippen LogP contribution is -2.53. The summed E-state index contributed by atoms with van der Waals surface area (Å²) in [4.78, 5) is 17.3. The SMILES string of the molecule is COC(C)C(=O)N[C@@H](Cc1ccc(F)cc1)[C@H](O)CN[C@H]1CC2(CCC2)Oc2c1cc(CC(C)(C)C)nc2NCC(F)(F)F. The van der Waals surface area contributed by atoms with Gasteiger partial charge in [-0.2, -0.15) is 13.2 Å². The number of nitrogens with one attached hydrogen (secondary N) is 3. The van der Waals surface area contributed by atoms with Gasteiger partial charge in [0.15, 0.2) is 11.6 Å². The third kappa shape index (κ3) is 9.04. The number of aromatic nitrogens is 1. The van der Waals surface area contributed by atoms with E-state index in [4.69, 9.17) is 9.47 Å². The normalized spacial score (nSPS) is 19.7. The molecule has 1 aliphatic carbocycles. The van der Waals surface area contributed by atoms with E-state index in [1.54, 1.807) is 19.1 Å². The fraction of sp³-hybridized carbons (Fsp3) is 0.625. The van der Waals surface area contributed by atoms with E-state index in [1.807, 2.05) is 26.8 Å². The first kappa shape index (κ1) is 33.9. The minimum Gasteiger partial charge on any atom is -0.483 e. The van der Waals surface area contributed by atoms with Gasteiger partial charge in [-0.3, -0.25) is 4.79 Å². The Kier molecular flexibility index (Phi) is 10.5. The molecule has 1 aliphatic heterocycles. The van der Waals surface area contributed by atoms with Gasteiger partial charge in [0.1, 0.15) is 24.1 Å². The predicted molar refractivity (Wildman–Crippen MR) is 159 cm³/mol. The number of hydrogen-bond donors (Lipinski definition) is 4. The molecule has 0 bridgehead atoms. The summed E-state index contributed by atoms with van der Waals surface area (Å²) < 4.78 is 64.8. The average Bonchev–Trinajstić information content (AvgIpc) is 2.92. The first-order chi connectivity index (χ1) is 20.6. The second kappa shape index (κ2) is 13.6. The van der Waals surface area contributed by atoms with Crippen LogP contribution in [0.25, 0.3) is 0 Å². The third-order valence-corrected chi connectivity index (χ3v) is 8.21. The molecule has 1 saturated carbocycles. The van der Waals surface area contributed by atoms with Crippen LogP contribution in [0.15, 0.2) is 30.3 Å². The van der Waals surface area contributed by atoms with Crippen LogP contribution >= 0.6 is 0 Å². The molecule has 1 unspecified atom stereocenters. The topological polar surface area (TPSA) is 105 Å². The quantitative estimate of drug-likeness (QED) is 0.240. The highest BCUT2D eigenvalue weighted by Gasteiger charge is 2.47. The molecule has 1 spiro atoms. The van der Waals surface area contributed by atoms with Crippen molar-refractivity contribution in [1.29, 1.82) is 0 Å². The van der Waals surface area contributed by atoms with Crippen LogP contribution in [0.1, 0.15) is 76.2 Å². The second-order valence-electron chi connectivity index (χ2n) is 13.3. The molecule has 4 N–H and O–H groups in total. The predicted octanol–water partition coefficient (Wildman–Crippen LogP) is 5.24. The number of rotatable bonds is 12. The maximum absolute atomic E-state index is 13.5. The van der Waals surface area contributed by atoms with E-state index in [-0.39, 0.29) is 30.2 Å². The zero-order chi connectivity index (χ0) is 32.3. The highest BCUT2D eigenvalue weighted by Crippen LogP contribution is 2.51. The van der Waals surface area contributed by atoms with Gasteiger partial charge in [-0.15, -0.1) is 0 Å². The van der Waals surface area contributed by atoms with Crippen LogP contribution < -0.4 is 20.7 Å². The molecular weight excluding hydrogens is 580 g/mol. The zero-order valence-corrected chi connectivity index (χ0v) is 26.0. The van der Waals surface area contributed by atoms with Crippen molar-refractivity contribution in [3.8, 4) is 5.75 Å². The molecule has 1 amide bonds. The van der Waals surface area contributed by atoms with Gasteiger partial charge in [0, 0.05) is 37.4 Å². The van der Waals surface area contributed by atoms with Gasteiger partial charge < -0.3 is 30.5 Å². The number of aliphatic hydroxyl groups is 1. The molecule has 1 aromatic carbocycles. The monoisotopic (exact) mass is 624 g/mol. The molecule has 2 heterocycles. The maximum Gasteiger partial charge on any atom is 0.405 e. The molecule has 0 saturated heterocycles. The number of nitrogens with zero attached hydrogens (tertiary/aromatic N) is 1. The summed E-state index contributed by atoms with van der Waals surface area (Å²) in [6.07, 6.45) is -2.45. The first-order valence-corrected chi connectivity index (χ1v) is 15.1. The van der Waals surface area contributed by atoms with Crippen molar-refractivity contribution >= 4 is 11.7 Å². The molecule has 244 valence electrons. The van der Waals surface area contributed by atoms with Crippen molar-refractivity contribution in [3.05, 3.63) is 53.0 Å². The fourth-order valence-corrected chi connectivity index (χ4v) is 5.68. The smallest absolute Gasteiger partial charge is 0.405 e. The van der Waals surface area contributed by atoms with Gasteiger partial charge >= 0.3 is 6.18 Å². The van der Waals surface area contributed by atoms with Crippen LogP contribution in [0.3, 0.4) is 0 Å². The molecule has 12 heteroatoms. The molecule has 1 fully saturated rings. The van der Waals surface area contributed by atoms with E-state index in [0.717, 1.165) is 24.8 Å². The number of fused-ring (bicyclic) bond motifs is 1. The number of benzene rings is 1. The van der Waals surface area contributed by atoms with Crippen LogP contribution in [0, 0.1) is 11.2 Å². The molecule has 1 aromatic heterocycles. The summed E-state index contributed by atoms with van der Waals surface area (Å²) in [6.45, 7) is 6.51. The van der Waals surface area contributed by atoms with Crippen molar-refractivity contribution in [1.82, 2.24) is 15.6 Å². The van der Waals surface area contributed by atoms with Gasteiger partial charge in [0.05, 0.1) is 12.1 Å². The number of carbonyl (C=O) groups is 1. The molecule has 4 rings (SSSR count). The van der Waals surface area contributed by atoms with Crippen LogP contribution in [0.4, 0.5) is 23.4 Å². The fourth-order valence-electron chi connectivity index (χ4n) is 5.68. The number of amides is 1. The Morgan fingerprint density at radius 1 is 1.20 bits per heavy atom. The number of aliphatic hydroxyl groups excluding tert-OH is 1. The highest BCUT2D eigenvalue weighted by atomic mass is 19.4. The van der Waals surface area contributed by atoms with E-state index in [1.165, 1.54) is 19.2 Å². The summed E-state index contributed by atoms with van der Waals surface area (Å²) >= 11 is 0. The Morgan fingerprint density at radius 2 is 1.89 bits per heavy atom. The van der Waals surface area contributed by atoms with Gasteiger partial charge in [0.2, 0.25) is 5.91 Å². The van der Waals surface area contributed by atoms with Crippen molar-refractivity contribution in [2.45, 2.75) is 102 Å². The van der Waals surface area contributed by atoms with Crippen molar-refractivity contribution in [2.75, 3.05) is 25.5 Å². The van der Waals surface area contributed by atoms with Crippen molar-refractivity contribution in [3.63, 3.8) is 0 Å². The lowest BCUT2D eigenvalue weighted by atomic mass is 9.72. The van der Waals surface area contributed by atoms with E-state index < -0.39 is 48.3 Å².